The lowest BCUT2D eigenvalue weighted by Gasteiger charge is -2.33. The first kappa shape index (κ1) is 17.2. The molecule has 0 saturated carbocycles. The molecular formula is C19H23N3O3. The highest BCUT2D eigenvalue weighted by molar-refractivity contribution is 5.92. The van der Waals surface area contributed by atoms with Gasteiger partial charge < -0.3 is 14.6 Å². The summed E-state index contributed by atoms with van der Waals surface area (Å²) in [5, 5.41) is 3.82. The Bertz CT molecular complexity index is 740. The molecule has 0 bridgehead atoms. The van der Waals surface area contributed by atoms with Gasteiger partial charge in [-0.1, -0.05) is 18.2 Å². The topological polar surface area (TPSA) is 65.8 Å². The van der Waals surface area contributed by atoms with E-state index in [1.165, 1.54) is 0 Å². The van der Waals surface area contributed by atoms with Crippen molar-refractivity contribution in [3.05, 3.63) is 42.2 Å². The zero-order chi connectivity index (χ0) is 17.6. The second kappa shape index (κ2) is 7.98. The molecule has 2 amide bonds. The van der Waals surface area contributed by atoms with Crippen LogP contribution in [0.2, 0.25) is 0 Å². The number of hydrogen-bond donors (Lipinski definition) is 1. The number of hydrogen-bond acceptors (Lipinski definition) is 4. The Morgan fingerprint density at radius 2 is 1.96 bits per heavy atom. The summed E-state index contributed by atoms with van der Waals surface area (Å²) < 4.78 is 5.68. The summed E-state index contributed by atoms with van der Waals surface area (Å²) in [7, 11) is 0. The van der Waals surface area contributed by atoms with Gasteiger partial charge in [-0.05, 0) is 25.1 Å². The van der Waals surface area contributed by atoms with Crippen LogP contribution < -0.4 is 5.32 Å². The lowest BCUT2D eigenvalue weighted by atomic mass is 10.2. The second-order valence-corrected chi connectivity index (χ2v) is 6.07. The van der Waals surface area contributed by atoms with Crippen LogP contribution in [0.5, 0.6) is 0 Å². The number of piperazine rings is 1. The van der Waals surface area contributed by atoms with Crippen LogP contribution in [-0.4, -0.2) is 60.9 Å². The van der Waals surface area contributed by atoms with E-state index in [9.17, 15) is 9.59 Å². The molecule has 0 atom stereocenters. The number of fused-ring (bicyclic) bond motifs is 1. The molecule has 1 aliphatic heterocycles. The summed E-state index contributed by atoms with van der Waals surface area (Å²) in [5.74, 6) is 0.676. The molecule has 0 spiro atoms. The maximum atomic E-state index is 12.3. The standard InChI is InChI=1S/C19H23N3O3/c1-2-20-18(23)14-21-9-11-22(12-10-21)19(24)8-7-16-13-15-5-3-4-6-17(15)25-16/h3-8,13H,2,9-12,14H2,1H3,(H,20,23)/b8-7+. The zero-order valence-corrected chi connectivity index (χ0v) is 14.4. The number of carbonyl (C=O) groups is 2. The summed E-state index contributed by atoms with van der Waals surface area (Å²) in [4.78, 5) is 27.8. The summed E-state index contributed by atoms with van der Waals surface area (Å²) in [6.45, 7) is 5.62. The number of nitrogens with zero attached hydrogens (tertiary/aromatic N) is 2. The average Bonchev–Trinajstić information content (AvgIpc) is 3.03. The van der Waals surface area contributed by atoms with Gasteiger partial charge >= 0.3 is 0 Å². The average molecular weight is 341 g/mol. The zero-order valence-electron chi connectivity index (χ0n) is 14.4. The third-order valence-corrected chi connectivity index (χ3v) is 4.26. The number of amides is 2. The van der Waals surface area contributed by atoms with E-state index in [0.717, 1.165) is 11.0 Å². The molecule has 6 heteroatoms. The molecular weight excluding hydrogens is 318 g/mol. The van der Waals surface area contributed by atoms with Crippen molar-refractivity contribution in [2.75, 3.05) is 39.3 Å². The van der Waals surface area contributed by atoms with Gasteiger partial charge in [-0.25, -0.2) is 0 Å². The van der Waals surface area contributed by atoms with Gasteiger partial charge in [-0.3, -0.25) is 14.5 Å². The summed E-state index contributed by atoms with van der Waals surface area (Å²) in [6.07, 6.45) is 3.26. The van der Waals surface area contributed by atoms with Crippen molar-refractivity contribution in [1.29, 1.82) is 0 Å². The number of para-hydroxylation sites is 1. The number of rotatable bonds is 5. The quantitative estimate of drug-likeness (QED) is 0.841. The molecule has 2 aromatic rings. The Morgan fingerprint density at radius 3 is 2.68 bits per heavy atom. The lowest BCUT2D eigenvalue weighted by Crippen LogP contribution is -2.50. The SMILES string of the molecule is CCNC(=O)CN1CCN(C(=O)/C=C/c2cc3ccccc3o2)CC1. The highest BCUT2D eigenvalue weighted by Gasteiger charge is 2.20. The first-order valence-electron chi connectivity index (χ1n) is 8.60. The predicted octanol–water partition coefficient (Wildman–Crippen LogP) is 1.73. The summed E-state index contributed by atoms with van der Waals surface area (Å²) >= 11 is 0. The van der Waals surface area contributed by atoms with E-state index in [-0.39, 0.29) is 11.8 Å². The molecule has 1 aliphatic rings. The summed E-state index contributed by atoms with van der Waals surface area (Å²) in [6, 6.07) is 9.68. The molecule has 25 heavy (non-hydrogen) atoms. The lowest BCUT2D eigenvalue weighted by molar-refractivity contribution is -0.128. The van der Waals surface area contributed by atoms with Crippen molar-refractivity contribution >= 4 is 28.9 Å². The Kier molecular flexibility index (Phi) is 5.50. The molecule has 1 fully saturated rings. The van der Waals surface area contributed by atoms with Crippen LogP contribution in [0.3, 0.4) is 0 Å². The van der Waals surface area contributed by atoms with Gasteiger partial charge in [-0.2, -0.15) is 0 Å². The maximum absolute atomic E-state index is 12.3. The molecule has 6 nitrogen and oxygen atoms in total. The summed E-state index contributed by atoms with van der Waals surface area (Å²) in [5.41, 5.74) is 0.813. The molecule has 132 valence electrons. The fourth-order valence-corrected chi connectivity index (χ4v) is 2.93. The fraction of sp³-hybridized carbons (Fsp3) is 0.368. The molecule has 0 radical (unpaired) electrons. The van der Waals surface area contributed by atoms with Crippen LogP contribution in [0.4, 0.5) is 0 Å². The van der Waals surface area contributed by atoms with Gasteiger partial charge in [0, 0.05) is 44.2 Å². The first-order chi connectivity index (χ1) is 12.2. The van der Waals surface area contributed by atoms with Crippen molar-refractivity contribution in [1.82, 2.24) is 15.1 Å². The van der Waals surface area contributed by atoms with E-state index in [1.54, 1.807) is 17.1 Å². The molecule has 1 N–H and O–H groups in total. The molecule has 2 heterocycles. The van der Waals surface area contributed by atoms with Crippen LogP contribution in [0.25, 0.3) is 17.0 Å². The van der Waals surface area contributed by atoms with Crippen LogP contribution in [0, 0.1) is 0 Å². The minimum absolute atomic E-state index is 0.0295. The predicted molar refractivity (Wildman–Crippen MR) is 97.0 cm³/mol. The number of carbonyl (C=O) groups excluding carboxylic acids is 2. The van der Waals surface area contributed by atoms with Crippen LogP contribution >= 0.6 is 0 Å². The van der Waals surface area contributed by atoms with Gasteiger partial charge in [0.2, 0.25) is 11.8 Å². The third-order valence-electron chi connectivity index (χ3n) is 4.26. The number of nitrogens with one attached hydrogen (secondary N) is 1. The van der Waals surface area contributed by atoms with Crippen molar-refractivity contribution in [3.63, 3.8) is 0 Å². The number of benzene rings is 1. The van der Waals surface area contributed by atoms with Crippen LogP contribution in [-0.2, 0) is 9.59 Å². The van der Waals surface area contributed by atoms with Crippen molar-refractivity contribution in [3.8, 4) is 0 Å². The van der Waals surface area contributed by atoms with Gasteiger partial charge in [0.25, 0.3) is 0 Å². The minimum atomic E-state index is -0.0295. The Hall–Kier alpha value is -2.60. The van der Waals surface area contributed by atoms with E-state index in [2.05, 4.69) is 10.2 Å². The number of likely N-dealkylation sites (N-methyl/N-ethyl adjacent to an activating group) is 1. The largest absolute Gasteiger partial charge is 0.457 e. The van der Waals surface area contributed by atoms with E-state index in [1.807, 2.05) is 37.3 Å². The molecule has 1 aromatic carbocycles. The highest BCUT2D eigenvalue weighted by Crippen LogP contribution is 2.19. The van der Waals surface area contributed by atoms with Crippen LogP contribution in [0.1, 0.15) is 12.7 Å². The molecule has 0 unspecified atom stereocenters. The molecule has 1 saturated heterocycles. The minimum Gasteiger partial charge on any atom is -0.457 e. The van der Waals surface area contributed by atoms with Crippen molar-refractivity contribution in [2.24, 2.45) is 0 Å². The first-order valence-corrected chi connectivity index (χ1v) is 8.60. The highest BCUT2D eigenvalue weighted by atomic mass is 16.3. The van der Waals surface area contributed by atoms with Crippen LogP contribution in [0.15, 0.2) is 40.8 Å². The molecule has 0 aliphatic carbocycles. The van der Waals surface area contributed by atoms with Gasteiger partial charge in [0.1, 0.15) is 11.3 Å². The number of furan rings is 1. The van der Waals surface area contributed by atoms with E-state index in [0.29, 0.717) is 45.0 Å². The Labute approximate surface area is 147 Å². The molecule has 3 rings (SSSR count). The smallest absolute Gasteiger partial charge is 0.246 e. The second-order valence-electron chi connectivity index (χ2n) is 6.07. The van der Waals surface area contributed by atoms with Crippen molar-refractivity contribution in [2.45, 2.75) is 6.92 Å². The Morgan fingerprint density at radius 1 is 1.20 bits per heavy atom. The van der Waals surface area contributed by atoms with E-state index in [4.69, 9.17) is 4.42 Å². The van der Waals surface area contributed by atoms with Gasteiger partial charge in [0.15, 0.2) is 0 Å². The molecule has 1 aromatic heterocycles. The van der Waals surface area contributed by atoms with E-state index < -0.39 is 0 Å². The fourth-order valence-electron chi connectivity index (χ4n) is 2.93. The van der Waals surface area contributed by atoms with Crippen molar-refractivity contribution < 1.29 is 14.0 Å². The normalized spacial score (nSPS) is 15.8. The monoisotopic (exact) mass is 341 g/mol. The Balaban J connectivity index is 1.51. The van der Waals surface area contributed by atoms with E-state index >= 15 is 0 Å². The maximum Gasteiger partial charge on any atom is 0.246 e. The third kappa shape index (κ3) is 4.48. The van der Waals surface area contributed by atoms with Gasteiger partial charge in [-0.15, -0.1) is 0 Å². The van der Waals surface area contributed by atoms with Gasteiger partial charge in [0.05, 0.1) is 6.54 Å².